The van der Waals surface area contributed by atoms with Crippen LogP contribution < -0.4 is 9.47 Å². The Balaban J connectivity index is 1.23. The summed E-state index contributed by atoms with van der Waals surface area (Å²) in [6.07, 6.45) is 3.92. The van der Waals surface area contributed by atoms with Crippen molar-refractivity contribution in [3.63, 3.8) is 0 Å². The zero-order valence-corrected chi connectivity index (χ0v) is 19.8. The summed E-state index contributed by atoms with van der Waals surface area (Å²) in [4.78, 5) is 27.0. The Kier molecular flexibility index (Phi) is 6.99. The third-order valence-corrected chi connectivity index (χ3v) is 7.29. The van der Waals surface area contributed by atoms with Crippen LogP contribution >= 0.6 is 11.8 Å². The molecule has 2 fully saturated rings. The zero-order chi connectivity index (χ0) is 22.6. The van der Waals surface area contributed by atoms with Gasteiger partial charge < -0.3 is 19.1 Å². The maximum Gasteiger partial charge on any atom is 0.254 e. The van der Waals surface area contributed by atoms with E-state index in [1.807, 2.05) is 23.2 Å². The number of carbonyl (C=O) groups excluding carboxylic acids is 1. The lowest BCUT2D eigenvalue weighted by atomic mass is 9.92. The van der Waals surface area contributed by atoms with Crippen molar-refractivity contribution in [3.8, 4) is 11.5 Å². The fourth-order valence-corrected chi connectivity index (χ4v) is 5.43. The van der Waals surface area contributed by atoms with E-state index in [0.29, 0.717) is 23.6 Å². The number of fused-ring (bicyclic) bond motifs is 1. The van der Waals surface area contributed by atoms with Gasteiger partial charge in [-0.1, -0.05) is 11.8 Å². The van der Waals surface area contributed by atoms with E-state index in [4.69, 9.17) is 19.2 Å². The van der Waals surface area contributed by atoms with Crippen LogP contribution in [0.2, 0.25) is 0 Å². The van der Waals surface area contributed by atoms with E-state index in [1.165, 1.54) is 0 Å². The van der Waals surface area contributed by atoms with Gasteiger partial charge in [-0.05, 0) is 43.5 Å². The smallest absolute Gasteiger partial charge is 0.254 e. The van der Waals surface area contributed by atoms with Gasteiger partial charge >= 0.3 is 0 Å². The topological polar surface area (TPSA) is 77.0 Å². The number of hydrogen-bond donors (Lipinski definition) is 0. The molecule has 0 saturated carbocycles. The van der Waals surface area contributed by atoms with Crippen molar-refractivity contribution in [2.75, 3.05) is 58.5 Å². The standard InChI is InChI=1S/C24H30N4O4S/c1-17-14-25-24(33-12-9-27-7-10-30-11-8-27)26-22(17)19-3-2-6-28(15-19)23(29)18-4-5-20-21(13-18)32-16-31-20/h4-5,13-14,19H,2-3,6-12,15-16H2,1H3/t19-/m0/s1. The van der Waals surface area contributed by atoms with Crippen LogP contribution in [-0.4, -0.2) is 84.2 Å². The first-order valence-corrected chi connectivity index (χ1v) is 12.6. The minimum absolute atomic E-state index is 0.0322. The summed E-state index contributed by atoms with van der Waals surface area (Å²) in [7, 11) is 0. The molecule has 3 aliphatic rings. The van der Waals surface area contributed by atoms with E-state index >= 15 is 0 Å². The molecular formula is C24H30N4O4S. The Labute approximate surface area is 198 Å². The van der Waals surface area contributed by atoms with Crippen LogP contribution in [0.1, 0.15) is 40.4 Å². The molecule has 0 aliphatic carbocycles. The van der Waals surface area contributed by atoms with Gasteiger partial charge in [-0.15, -0.1) is 0 Å². The Morgan fingerprint density at radius 2 is 2.03 bits per heavy atom. The Morgan fingerprint density at radius 1 is 1.18 bits per heavy atom. The molecule has 8 nitrogen and oxygen atoms in total. The molecule has 1 aromatic heterocycles. The molecule has 176 valence electrons. The number of piperidine rings is 1. The van der Waals surface area contributed by atoms with E-state index in [2.05, 4.69) is 16.8 Å². The lowest BCUT2D eigenvalue weighted by Gasteiger charge is -2.33. The number of aromatic nitrogens is 2. The lowest BCUT2D eigenvalue weighted by molar-refractivity contribution is 0.0410. The van der Waals surface area contributed by atoms with Crippen molar-refractivity contribution in [2.24, 2.45) is 0 Å². The number of rotatable bonds is 6. The normalized spacial score (nSPS) is 20.8. The Morgan fingerprint density at radius 3 is 2.91 bits per heavy atom. The second kappa shape index (κ2) is 10.3. The second-order valence-corrected chi connectivity index (χ2v) is 9.74. The van der Waals surface area contributed by atoms with Crippen molar-refractivity contribution in [1.29, 1.82) is 0 Å². The number of hydrogen-bond acceptors (Lipinski definition) is 8. The lowest BCUT2D eigenvalue weighted by Crippen LogP contribution is -2.39. The number of carbonyl (C=O) groups is 1. The van der Waals surface area contributed by atoms with Gasteiger partial charge in [0, 0.05) is 56.2 Å². The van der Waals surface area contributed by atoms with Gasteiger partial charge in [-0.2, -0.15) is 0 Å². The highest BCUT2D eigenvalue weighted by Gasteiger charge is 2.28. The van der Waals surface area contributed by atoms with E-state index in [-0.39, 0.29) is 18.6 Å². The van der Waals surface area contributed by atoms with E-state index in [9.17, 15) is 4.79 Å². The van der Waals surface area contributed by atoms with Crippen LogP contribution in [0.3, 0.4) is 0 Å². The molecule has 0 unspecified atom stereocenters. The van der Waals surface area contributed by atoms with Crippen molar-refractivity contribution >= 4 is 17.7 Å². The van der Waals surface area contributed by atoms with Crippen LogP contribution in [-0.2, 0) is 4.74 Å². The molecule has 0 N–H and O–H groups in total. The molecular weight excluding hydrogens is 440 g/mol. The monoisotopic (exact) mass is 470 g/mol. The molecule has 2 saturated heterocycles. The van der Waals surface area contributed by atoms with Crippen LogP contribution in [0.15, 0.2) is 29.6 Å². The van der Waals surface area contributed by atoms with Gasteiger partial charge in [0.2, 0.25) is 6.79 Å². The van der Waals surface area contributed by atoms with Crippen LogP contribution in [0.4, 0.5) is 0 Å². The third kappa shape index (κ3) is 5.26. The number of ether oxygens (including phenoxy) is 3. The molecule has 4 heterocycles. The third-order valence-electron chi connectivity index (χ3n) is 6.45. The minimum Gasteiger partial charge on any atom is -0.454 e. The molecule has 1 atom stereocenters. The number of morpholine rings is 1. The molecule has 0 spiro atoms. The molecule has 5 rings (SSSR count). The number of nitrogens with zero attached hydrogens (tertiary/aromatic N) is 4. The quantitative estimate of drug-likeness (QED) is 0.471. The minimum atomic E-state index is 0.0322. The van der Waals surface area contributed by atoms with Crippen LogP contribution in [0.25, 0.3) is 0 Å². The average Bonchev–Trinajstić information content (AvgIpc) is 3.33. The number of amides is 1. The first-order chi connectivity index (χ1) is 16.2. The predicted octanol–water partition coefficient (Wildman–Crippen LogP) is 2.96. The summed E-state index contributed by atoms with van der Waals surface area (Å²) in [5.41, 5.74) is 2.80. The number of thioether (sulfide) groups is 1. The Hall–Kier alpha value is -2.36. The van der Waals surface area contributed by atoms with Crippen molar-refractivity contribution < 1.29 is 19.0 Å². The molecule has 0 bridgehead atoms. The van der Waals surface area contributed by atoms with Gasteiger partial charge in [-0.25, -0.2) is 9.97 Å². The fourth-order valence-electron chi connectivity index (χ4n) is 4.61. The molecule has 1 aromatic carbocycles. The Bertz CT molecular complexity index is 998. The summed E-state index contributed by atoms with van der Waals surface area (Å²) in [6.45, 7) is 8.35. The molecule has 3 aliphatic heterocycles. The molecule has 1 amide bonds. The summed E-state index contributed by atoms with van der Waals surface area (Å²) in [5, 5.41) is 0.822. The summed E-state index contributed by atoms with van der Waals surface area (Å²) >= 11 is 1.71. The summed E-state index contributed by atoms with van der Waals surface area (Å²) < 4.78 is 16.2. The van der Waals surface area contributed by atoms with E-state index < -0.39 is 0 Å². The largest absolute Gasteiger partial charge is 0.454 e. The van der Waals surface area contributed by atoms with Gasteiger partial charge in [-0.3, -0.25) is 9.69 Å². The summed E-state index contributed by atoms with van der Waals surface area (Å²) in [5.74, 6) is 2.54. The maximum atomic E-state index is 13.2. The molecule has 33 heavy (non-hydrogen) atoms. The molecule has 9 heteroatoms. The van der Waals surface area contributed by atoms with Crippen molar-refractivity contribution in [3.05, 3.63) is 41.2 Å². The van der Waals surface area contributed by atoms with E-state index in [1.54, 1.807) is 17.8 Å². The van der Waals surface area contributed by atoms with Gasteiger partial charge in [0.05, 0.1) is 18.9 Å². The first-order valence-electron chi connectivity index (χ1n) is 11.6. The number of aryl methyl sites for hydroxylation is 1. The molecule has 0 radical (unpaired) electrons. The fraction of sp³-hybridized carbons (Fsp3) is 0.542. The second-order valence-electron chi connectivity index (χ2n) is 8.68. The predicted molar refractivity (Wildman–Crippen MR) is 125 cm³/mol. The highest BCUT2D eigenvalue weighted by molar-refractivity contribution is 7.99. The molecule has 2 aromatic rings. The van der Waals surface area contributed by atoms with Crippen LogP contribution in [0, 0.1) is 6.92 Å². The van der Waals surface area contributed by atoms with Crippen LogP contribution in [0.5, 0.6) is 11.5 Å². The highest BCUT2D eigenvalue weighted by Crippen LogP contribution is 2.34. The van der Waals surface area contributed by atoms with Crippen molar-refractivity contribution in [1.82, 2.24) is 19.8 Å². The van der Waals surface area contributed by atoms with Gasteiger partial charge in [0.1, 0.15) is 0 Å². The van der Waals surface area contributed by atoms with Gasteiger partial charge in [0.15, 0.2) is 16.7 Å². The zero-order valence-electron chi connectivity index (χ0n) is 19.0. The average molecular weight is 471 g/mol. The number of likely N-dealkylation sites (tertiary alicyclic amines) is 1. The van der Waals surface area contributed by atoms with Gasteiger partial charge in [0.25, 0.3) is 5.91 Å². The van der Waals surface area contributed by atoms with E-state index in [0.717, 1.165) is 74.4 Å². The van der Waals surface area contributed by atoms with Crippen molar-refractivity contribution in [2.45, 2.75) is 30.8 Å². The SMILES string of the molecule is Cc1cnc(SCCN2CCOCC2)nc1[C@H]1CCCN(C(=O)c2ccc3c(c2)OCO3)C1. The summed E-state index contributed by atoms with van der Waals surface area (Å²) in [6, 6.07) is 5.41. The maximum absolute atomic E-state index is 13.2. The first kappa shape index (κ1) is 22.4. The number of benzene rings is 1. The highest BCUT2D eigenvalue weighted by atomic mass is 32.2.